The first-order valence-corrected chi connectivity index (χ1v) is 6.35. The minimum absolute atomic E-state index is 0.0862. The normalized spacial score (nSPS) is 10.9. The van der Waals surface area contributed by atoms with Crippen LogP contribution in [0.1, 0.15) is 23.7 Å². The third-order valence-electron chi connectivity index (χ3n) is 2.46. The minimum atomic E-state index is -0.793. The number of thiazole rings is 1. The summed E-state index contributed by atoms with van der Waals surface area (Å²) in [6.07, 6.45) is 2.67. The van der Waals surface area contributed by atoms with Gasteiger partial charge in [0.2, 0.25) is 0 Å². The summed E-state index contributed by atoms with van der Waals surface area (Å²) in [7, 11) is 0. The third-order valence-corrected chi connectivity index (χ3v) is 3.52. The molecular formula is C11H18N2O2S. The zero-order valence-electron chi connectivity index (χ0n) is 9.77. The van der Waals surface area contributed by atoms with Gasteiger partial charge in [-0.05, 0) is 13.1 Å². The molecule has 0 aromatic carbocycles. The molecule has 1 aromatic heterocycles. The van der Waals surface area contributed by atoms with E-state index < -0.39 is 5.97 Å². The highest BCUT2D eigenvalue weighted by molar-refractivity contribution is 7.11. The van der Waals surface area contributed by atoms with Crippen LogP contribution in [0.4, 0.5) is 0 Å². The van der Waals surface area contributed by atoms with Gasteiger partial charge in [-0.1, -0.05) is 13.8 Å². The lowest BCUT2D eigenvalue weighted by Crippen LogP contribution is -2.25. The van der Waals surface area contributed by atoms with Crippen molar-refractivity contribution < 1.29 is 9.90 Å². The molecule has 0 aliphatic heterocycles. The van der Waals surface area contributed by atoms with E-state index in [0.717, 1.165) is 35.9 Å². The topological polar surface area (TPSA) is 53.4 Å². The number of nitrogens with zero attached hydrogens (tertiary/aromatic N) is 2. The fourth-order valence-corrected chi connectivity index (χ4v) is 2.39. The maximum atomic E-state index is 10.5. The second-order valence-electron chi connectivity index (χ2n) is 3.57. The van der Waals surface area contributed by atoms with Crippen molar-refractivity contribution >= 4 is 17.3 Å². The van der Waals surface area contributed by atoms with E-state index in [2.05, 4.69) is 23.7 Å². The predicted molar refractivity (Wildman–Crippen MR) is 64.9 cm³/mol. The zero-order valence-corrected chi connectivity index (χ0v) is 10.6. The van der Waals surface area contributed by atoms with E-state index in [1.165, 1.54) is 11.3 Å². The fraction of sp³-hybridized carbons (Fsp3) is 0.636. The minimum Gasteiger partial charge on any atom is -0.481 e. The molecule has 0 amide bonds. The first-order chi connectivity index (χ1) is 7.65. The van der Waals surface area contributed by atoms with Gasteiger partial charge in [0.05, 0.1) is 11.4 Å². The molecule has 1 N–H and O–H groups in total. The molecule has 0 unspecified atom stereocenters. The molecule has 1 aromatic rings. The van der Waals surface area contributed by atoms with Crippen LogP contribution in [-0.2, 0) is 17.6 Å². The lowest BCUT2D eigenvalue weighted by atomic mass is 10.4. The van der Waals surface area contributed by atoms with Gasteiger partial charge in [-0.2, -0.15) is 0 Å². The van der Waals surface area contributed by atoms with Gasteiger partial charge in [-0.15, -0.1) is 11.3 Å². The van der Waals surface area contributed by atoms with E-state index in [9.17, 15) is 4.79 Å². The highest BCUT2D eigenvalue weighted by Crippen LogP contribution is 2.14. The van der Waals surface area contributed by atoms with Crippen LogP contribution in [0.3, 0.4) is 0 Å². The Balaban J connectivity index is 2.42. The average molecular weight is 242 g/mol. The maximum absolute atomic E-state index is 10.5. The number of hydrogen-bond acceptors (Lipinski definition) is 4. The van der Waals surface area contributed by atoms with E-state index in [1.807, 2.05) is 0 Å². The van der Waals surface area contributed by atoms with E-state index >= 15 is 0 Å². The summed E-state index contributed by atoms with van der Waals surface area (Å²) in [5, 5.41) is 9.67. The number of aromatic nitrogens is 1. The molecular weight excluding hydrogens is 224 g/mol. The van der Waals surface area contributed by atoms with Gasteiger partial charge in [0.25, 0.3) is 0 Å². The molecule has 90 valence electrons. The molecule has 0 radical (unpaired) electrons. The van der Waals surface area contributed by atoms with Crippen molar-refractivity contribution in [2.45, 2.75) is 26.7 Å². The Morgan fingerprint density at radius 3 is 2.75 bits per heavy atom. The van der Waals surface area contributed by atoms with Gasteiger partial charge in [-0.25, -0.2) is 4.98 Å². The van der Waals surface area contributed by atoms with Crippen molar-refractivity contribution in [2.75, 3.05) is 19.6 Å². The van der Waals surface area contributed by atoms with Crippen LogP contribution in [0.15, 0.2) is 6.20 Å². The quantitative estimate of drug-likeness (QED) is 0.790. The molecule has 0 saturated carbocycles. The average Bonchev–Trinajstić information content (AvgIpc) is 2.66. The summed E-state index contributed by atoms with van der Waals surface area (Å²) >= 11 is 1.51. The Hall–Kier alpha value is -0.940. The van der Waals surface area contributed by atoms with Gasteiger partial charge in [-0.3, -0.25) is 4.79 Å². The first-order valence-electron chi connectivity index (χ1n) is 5.53. The number of rotatable bonds is 7. The number of carbonyl (C=O) groups is 1. The summed E-state index contributed by atoms with van der Waals surface area (Å²) in [5.41, 5.74) is 0. The number of aliphatic carboxylic acids is 1. The Morgan fingerprint density at radius 1 is 1.50 bits per heavy atom. The highest BCUT2D eigenvalue weighted by atomic mass is 32.1. The molecule has 0 bridgehead atoms. The number of hydrogen-bond donors (Lipinski definition) is 1. The van der Waals surface area contributed by atoms with Crippen LogP contribution in [-0.4, -0.2) is 40.6 Å². The van der Waals surface area contributed by atoms with Crippen molar-refractivity contribution in [1.82, 2.24) is 9.88 Å². The van der Waals surface area contributed by atoms with E-state index in [-0.39, 0.29) is 6.42 Å². The van der Waals surface area contributed by atoms with E-state index in [1.54, 1.807) is 6.20 Å². The summed E-state index contributed by atoms with van der Waals surface area (Å²) in [4.78, 5) is 17.9. The molecule has 0 atom stereocenters. The standard InChI is InChI=1S/C11H18N2O2S/c1-3-13(4-2)6-5-10-12-8-9(16-10)7-11(14)15/h8H,3-7H2,1-2H3,(H,14,15). The summed E-state index contributed by atoms with van der Waals surface area (Å²) < 4.78 is 0. The smallest absolute Gasteiger partial charge is 0.308 e. The van der Waals surface area contributed by atoms with Gasteiger partial charge < -0.3 is 10.0 Å². The van der Waals surface area contributed by atoms with Crippen molar-refractivity contribution in [3.63, 3.8) is 0 Å². The molecule has 1 rings (SSSR count). The van der Waals surface area contributed by atoms with Crippen LogP contribution in [0.2, 0.25) is 0 Å². The SMILES string of the molecule is CCN(CC)CCc1ncc(CC(=O)O)s1. The molecule has 4 nitrogen and oxygen atoms in total. The lowest BCUT2D eigenvalue weighted by molar-refractivity contribution is -0.136. The van der Waals surface area contributed by atoms with Gasteiger partial charge in [0, 0.05) is 24.0 Å². The lowest BCUT2D eigenvalue weighted by Gasteiger charge is -2.16. The number of carboxylic acid groups (broad SMARTS) is 1. The monoisotopic (exact) mass is 242 g/mol. The van der Waals surface area contributed by atoms with Crippen molar-refractivity contribution in [1.29, 1.82) is 0 Å². The van der Waals surface area contributed by atoms with Crippen molar-refractivity contribution in [2.24, 2.45) is 0 Å². The molecule has 1 heterocycles. The van der Waals surface area contributed by atoms with Crippen LogP contribution in [0.5, 0.6) is 0 Å². The molecule has 0 aliphatic carbocycles. The molecule has 0 saturated heterocycles. The van der Waals surface area contributed by atoms with E-state index in [4.69, 9.17) is 5.11 Å². The highest BCUT2D eigenvalue weighted by Gasteiger charge is 2.07. The molecule has 0 aliphatic rings. The fourth-order valence-electron chi connectivity index (χ4n) is 1.49. The van der Waals surface area contributed by atoms with Crippen LogP contribution < -0.4 is 0 Å². The number of carboxylic acids is 1. The Morgan fingerprint density at radius 2 is 2.19 bits per heavy atom. The summed E-state index contributed by atoms with van der Waals surface area (Å²) in [5.74, 6) is -0.793. The molecule has 16 heavy (non-hydrogen) atoms. The first kappa shape index (κ1) is 13.1. The maximum Gasteiger partial charge on any atom is 0.308 e. The predicted octanol–water partition coefficient (Wildman–Crippen LogP) is 1.65. The molecule has 5 heteroatoms. The van der Waals surface area contributed by atoms with Crippen LogP contribution in [0, 0.1) is 0 Å². The summed E-state index contributed by atoms with van der Waals surface area (Å²) in [6.45, 7) is 7.36. The van der Waals surface area contributed by atoms with Gasteiger partial charge in [0.1, 0.15) is 0 Å². The third kappa shape index (κ3) is 4.28. The summed E-state index contributed by atoms with van der Waals surface area (Å²) in [6, 6.07) is 0. The van der Waals surface area contributed by atoms with Crippen molar-refractivity contribution in [3.05, 3.63) is 16.1 Å². The van der Waals surface area contributed by atoms with E-state index in [0.29, 0.717) is 0 Å². The largest absolute Gasteiger partial charge is 0.481 e. The molecule has 0 fully saturated rings. The number of likely N-dealkylation sites (N-methyl/N-ethyl adjacent to an activating group) is 1. The second kappa shape index (κ2) is 6.60. The Bertz CT molecular complexity index is 334. The van der Waals surface area contributed by atoms with Crippen LogP contribution >= 0.6 is 11.3 Å². The van der Waals surface area contributed by atoms with Gasteiger partial charge in [0.15, 0.2) is 0 Å². The van der Waals surface area contributed by atoms with Crippen molar-refractivity contribution in [3.8, 4) is 0 Å². The zero-order chi connectivity index (χ0) is 12.0. The second-order valence-corrected chi connectivity index (χ2v) is 4.77. The Labute approximate surface area is 99.9 Å². The Kier molecular flexibility index (Phi) is 5.42. The van der Waals surface area contributed by atoms with Crippen LogP contribution in [0.25, 0.3) is 0 Å². The molecule has 0 spiro atoms. The van der Waals surface area contributed by atoms with Gasteiger partial charge >= 0.3 is 5.97 Å².